The Morgan fingerprint density at radius 1 is 1.03 bits per heavy atom. The van der Waals surface area contributed by atoms with Crippen molar-refractivity contribution in [2.24, 2.45) is 0 Å². The van der Waals surface area contributed by atoms with E-state index in [4.69, 9.17) is 0 Å². The fourth-order valence-electron chi connectivity index (χ4n) is 4.26. The summed E-state index contributed by atoms with van der Waals surface area (Å²) in [6.07, 6.45) is 0. The molecule has 1 amide bonds. The second-order valence-electron chi connectivity index (χ2n) is 8.09. The minimum atomic E-state index is -0.771. The summed E-state index contributed by atoms with van der Waals surface area (Å²) in [6.45, 7) is 1.85. The summed E-state index contributed by atoms with van der Waals surface area (Å²) in [6, 6.07) is 23.9. The predicted molar refractivity (Wildman–Crippen MR) is 130 cm³/mol. The zero-order valence-electron chi connectivity index (χ0n) is 18.7. The van der Waals surface area contributed by atoms with E-state index < -0.39 is 11.9 Å². The van der Waals surface area contributed by atoms with Gasteiger partial charge >= 0.3 is 5.13 Å². The molecule has 0 spiro atoms. The van der Waals surface area contributed by atoms with E-state index in [0.29, 0.717) is 32.5 Å². The number of amides is 1. The van der Waals surface area contributed by atoms with E-state index >= 15 is 0 Å². The Hall–Kier alpha value is -3.97. The molecule has 4 aromatic rings. The summed E-state index contributed by atoms with van der Waals surface area (Å²) >= 11 is 1.36. The number of rotatable bonds is 4. The summed E-state index contributed by atoms with van der Waals surface area (Å²) in [5, 5.41) is 17.4. The number of carbonyl (C=O) groups is 1. The number of fused-ring (bicyclic) bond motifs is 1. The molecule has 5 nitrogen and oxygen atoms in total. The molecule has 1 N–H and O–H groups in total. The Bertz CT molecular complexity index is 1400. The summed E-state index contributed by atoms with van der Waals surface area (Å²) in [7, 11) is 1.84. The standard InChI is InChI=1S/C27H22FN3O2S/c1-17-22(25(32)29-21-14-7-4-8-15-21)23(19-12-9-13-20(28)16-19)31-26(33)24(34-27(31)30(17)2)18-10-5-3-6-11-18/h3-16,23H,1-2H3,(H-,29,32,33). The number of allylic oxidation sites excluding steroid dienone is 1. The van der Waals surface area contributed by atoms with Crippen LogP contribution in [0.1, 0.15) is 18.5 Å². The number of hydrogen-bond acceptors (Lipinski definition) is 4. The monoisotopic (exact) mass is 471 g/mol. The molecule has 0 saturated heterocycles. The first-order valence-electron chi connectivity index (χ1n) is 10.8. The van der Waals surface area contributed by atoms with Gasteiger partial charge in [-0.2, -0.15) is 0 Å². The molecule has 5 rings (SSSR count). The largest absolute Gasteiger partial charge is 0.841 e. The van der Waals surface area contributed by atoms with Gasteiger partial charge in [0.15, 0.2) is 6.04 Å². The lowest BCUT2D eigenvalue weighted by Gasteiger charge is -2.30. The van der Waals surface area contributed by atoms with Crippen LogP contribution < -0.4 is 19.9 Å². The molecule has 1 unspecified atom stereocenters. The van der Waals surface area contributed by atoms with Crippen molar-refractivity contribution in [2.75, 3.05) is 17.3 Å². The molecule has 3 aromatic carbocycles. The molecule has 1 aliphatic rings. The minimum Gasteiger partial charge on any atom is -0.841 e. The van der Waals surface area contributed by atoms with Crippen LogP contribution in [-0.2, 0) is 4.79 Å². The van der Waals surface area contributed by atoms with E-state index in [1.54, 1.807) is 28.8 Å². The van der Waals surface area contributed by atoms with E-state index in [1.165, 1.54) is 23.5 Å². The zero-order chi connectivity index (χ0) is 23.8. The molecular weight excluding hydrogens is 449 g/mol. The average Bonchev–Trinajstić information content (AvgIpc) is 3.19. The van der Waals surface area contributed by atoms with Gasteiger partial charge in [0, 0.05) is 11.3 Å². The van der Waals surface area contributed by atoms with Gasteiger partial charge in [-0.1, -0.05) is 60.7 Å². The smallest absolute Gasteiger partial charge is 0.341 e. The summed E-state index contributed by atoms with van der Waals surface area (Å²) < 4.78 is 15.9. The van der Waals surface area contributed by atoms with Gasteiger partial charge in [-0.3, -0.25) is 4.79 Å². The first-order valence-corrected chi connectivity index (χ1v) is 11.6. The van der Waals surface area contributed by atoms with Crippen LogP contribution in [0.3, 0.4) is 0 Å². The normalized spacial score (nSPS) is 15.3. The van der Waals surface area contributed by atoms with Crippen molar-refractivity contribution < 1.29 is 18.9 Å². The lowest BCUT2D eigenvalue weighted by atomic mass is 9.94. The Morgan fingerprint density at radius 2 is 1.71 bits per heavy atom. The van der Waals surface area contributed by atoms with Crippen molar-refractivity contribution >= 4 is 28.1 Å². The van der Waals surface area contributed by atoms with Crippen LogP contribution in [0.5, 0.6) is 5.88 Å². The van der Waals surface area contributed by atoms with Crippen molar-refractivity contribution in [3.63, 3.8) is 0 Å². The molecule has 0 radical (unpaired) electrons. The van der Waals surface area contributed by atoms with Crippen molar-refractivity contribution in [1.29, 1.82) is 0 Å². The number of anilines is 2. The number of hydrogen-bond donors (Lipinski definition) is 1. The van der Waals surface area contributed by atoms with Gasteiger partial charge < -0.3 is 10.4 Å². The highest BCUT2D eigenvalue weighted by Gasteiger charge is 2.43. The molecule has 1 aromatic heterocycles. The van der Waals surface area contributed by atoms with Gasteiger partial charge in [0.1, 0.15) is 17.1 Å². The molecule has 34 heavy (non-hydrogen) atoms. The van der Waals surface area contributed by atoms with Gasteiger partial charge in [0.05, 0.1) is 17.8 Å². The van der Waals surface area contributed by atoms with Crippen LogP contribution in [0.15, 0.2) is 96.2 Å². The van der Waals surface area contributed by atoms with Crippen LogP contribution in [0, 0.1) is 5.82 Å². The maximum Gasteiger partial charge on any atom is 0.341 e. The van der Waals surface area contributed by atoms with E-state index in [-0.39, 0.29) is 11.8 Å². The summed E-state index contributed by atoms with van der Waals surface area (Å²) in [5.74, 6) is -0.982. The van der Waals surface area contributed by atoms with E-state index in [0.717, 1.165) is 5.56 Å². The Kier molecular flexibility index (Phi) is 5.63. The quantitative estimate of drug-likeness (QED) is 0.432. The highest BCUT2D eigenvalue weighted by atomic mass is 32.1. The van der Waals surface area contributed by atoms with Crippen LogP contribution in [0.25, 0.3) is 10.4 Å². The summed E-state index contributed by atoms with van der Waals surface area (Å²) in [4.78, 5) is 16.0. The topological polar surface area (TPSA) is 59.3 Å². The highest BCUT2D eigenvalue weighted by Crippen LogP contribution is 2.43. The van der Waals surface area contributed by atoms with Crippen molar-refractivity contribution in [2.45, 2.75) is 13.0 Å². The molecule has 1 atom stereocenters. The molecule has 1 aliphatic heterocycles. The van der Waals surface area contributed by atoms with Gasteiger partial charge in [0.2, 0.25) is 0 Å². The maximum atomic E-state index is 14.3. The number of aromatic nitrogens is 1. The first-order chi connectivity index (χ1) is 16.5. The van der Waals surface area contributed by atoms with Crippen molar-refractivity contribution in [3.8, 4) is 16.3 Å². The number of thiazole rings is 1. The zero-order valence-corrected chi connectivity index (χ0v) is 19.5. The first kappa shape index (κ1) is 21.9. The fraction of sp³-hybridized carbons (Fsp3) is 0.111. The van der Waals surface area contributed by atoms with Crippen molar-refractivity contribution in [1.82, 2.24) is 0 Å². The fourth-order valence-corrected chi connectivity index (χ4v) is 5.44. The van der Waals surface area contributed by atoms with Crippen LogP contribution in [0.4, 0.5) is 15.2 Å². The lowest BCUT2D eigenvalue weighted by Crippen LogP contribution is -2.52. The second-order valence-corrected chi connectivity index (χ2v) is 9.07. The molecule has 0 saturated carbocycles. The van der Waals surface area contributed by atoms with E-state index in [9.17, 15) is 14.3 Å². The summed E-state index contributed by atoms with van der Waals surface area (Å²) in [5.41, 5.74) is 3.07. The van der Waals surface area contributed by atoms with E-state index in [2.05, 4.69) is 5.32 Å². The molecule has 7 heteroatoms. The molecular formula is C27H22FN3O2S. The predicted octanol–water partition coefficient (Wildman–Crippen LogP) is 4.87. The maximum absolute atomic E-state index is 14.3. The SMILES string of the molecule is CC1=C(C(=O)Nc2ccccc2)C(c2cccc(F)c2)[n+]2c(sc(-c3ccccc3)c2[O-])N1C. The van der Waals surface area contributed by atoms with Gasteiger partial charge in [0.25, 0.3) is 5.91 Å². The molecule has 170 valence electrons. The number of benzene rings is 3. The van der Waals surface area contributed by atoms with Gasteiger partial charge in [-0.25, -0.2) is 13.9 Å². The number of nitrogens with zero attached hydrogens (tertiary/aromatic N) is 2. The number of nitrogens with one attached hydrogen (secondary N) is 1. The highest BCUT2D eigenvalue weighted by molar-refractivity contribution is 7.18. The van der Waals surface area contributed by atoms with Gasteiger partial charge in [-0.05, 0) is 48.1 Å². The molecule has 0 aliphatic carbocycles. The number of para-hydroxylation sites is 1. The van der Waals surface area contributed by atoms with Crippen LogP contribution >= 0.6 is 11.3 Å². The lowest BCUT2D eigenvalue weighted by molar-refractivity contribution is -0.728. The Balaban J connectivity index is 1.70. The third-order valence-electron chi connectivity index (χ3n) is 6.00. The third kappa shape index (κ3) is 3.74. The number of carbonyl (C=O) groups excluding carboxylic acids is 1. The van der Waals surface area contributed by atoms with Crippen LogP contribution in [-0.4, -0.2) is 13.0 Å². The Morgan fingerprint density at radius 3 is 2.38 bits per heavy atom. The Labute approximate surface area is 201 Å². The molecule has 0 bridgehead atoms. The van der Waals surface area contributed by atoms with Crippen molar-refractivity contribution in [3.05, 3.63) is 108 Å². The molecule has 0 fully saturated rings. The van der Waals surface area contributed by atoms with Crippen LogP contribution in [0.2, 0.25) is 0 Å². The number of halogens is 1. The minimum absolute atomic E-state index is 0.218. The third-order valence-corrected chi connectivity index (χ3v) is 7.27. The van der Waals surface area contributed by atoms with Gasteiger partial charge in [-0.15, -0.1) is 0 Å². The average molecular weight is 472 g/mol. The van der Waals surface area contributed by atoms with E-state index in [1.807, 2.05) is 67.4 Å². The second kappa shape index (κ2) is 8.76. The molecule has 2 heterocycles.